The average Bonchev–Trinajstić information content (AvgIpc) is 2.95. The van der Waals surface area contributed by atoms with Gasteiger partial charge in [-0.1, -0.05) is 36.4 Å². The van der Waals surface area contributed by atoms with Gasteiger partial charge in [-0.25, -0.2) is 23.1 Å². The van der Waals surface area contributed by atoms with E-state index in [1.165, 1.54) is 12.1 Å². The smallest absolute Gasteiger partial charge is 0.269 e. The van der Waals surface area contributed by atoms with E-state index in [1.54, 1.807) is 54.9 Å². The van der Waals surface area contributed by atoms with Crippen LogP contribution in [0.1, 0.15) is 27.0 Å². The zero-order chi connectivity index (χ0) is 27.0. The summed E-state index contributed by atoms with van der Waals surface area (Å²) in [6, 6.07) is 20.7. The number of hydrogen-bond donors (Lipinski definition) is 3. The van der Waals surface area contributed by atoms with E-state index < -0.39 is 14.9 Å². The number of benzene rings is 3. The fourth-order valence-electron chi connectivity index (χ4n) is 3.41. The Morgan fingerprint density at radius 3 is 1.95 bits per heavy atom. The van der Waals surface area contributed by atoms with Crippen LogP contribution in [-0.2, 0) is 29.7 Å². The molecule has 12 heteroatoms. The van der Waals surface area contributed by atoms with Crippen molar-refractivity contribution in [1.82, 2.24) is 20.0 Å². The molecule has 0 spiro atoms. The zero-order valence-electron chi connectivity index (χ0n) is 20.1. The number of hydrogen-bond acceptors (Lipinski definition) is 8. The van der Waals surface area contributed by atoms with Crippen LogP contribution in [-0.4, -0.2) is 29.2 Å². The number of nitro groups is 1. The number of aromatic nitrogens is 2. The topological polar surface area (TPSA) is 156 Å². The van der Waals surface area contributed by atoms with Gasteiger partial charge in [-0.3, -0.25) is 14.9 Å². The molecule has 0 aliphatic rings. The average molecular weight is 533 g/mol. The molecule has 4 aromatic rings. The van der Waals surface area contributed by atoms with E-state index in [9.17, 15) is 23.3 Å². The third kappa shape index (κ3) is 7.18. The standard InChI is InChI=1S/C26H24N6O5S/c33-25(22-8-6-20(7-9-22)17-30-26-27-14-1-15-28-26)29-16-19-2-4-21(5-3-19)18-31-38(36,37)24-12-10-23(11-13-24)32(34)35/h1-15,31H,16-18H2,(H,29,33)(H,27,28,30). The van der Waals surface area contributed by atoms with Crippen molar-refractivity contribution in [3.05, 3.63) is 124 Å². The van der Waals surface area contributed by atoms with Gasteiger partial charge in [0, 0.05) is 49.7 Å². The van der Waals surface area contributed by atoms with Crippen molar-refractivity contribution in [1.29, 1.82) is 0 Å². The number of carbonyl (C=O) groups excluding carboxylic acids is 1. The molecule has 0 saturated carbocycles. The fraction of sp³-hybridized carbons (Fsp3) is 0.115. The maximum Gasteiger partial charge on any atom is 0.269 e. The summed E-state index contributed by atoms with van der Waals surface area (Å²) in [5.74, 6) is 0.318. The summed E-state index contributed by atoms with van der Waals surface area (Å²) in [4.78, 5) is 30.8. The van der Waals surface area contributed by atoms with Gasteiger partial charge in [0.2, 0.25) is 16.0 Å². The Morgan fingerprint density at radius 2 is 1.34 bits per heavy atom. The summed E-state index contributed by atoms with van der Waals surface area (Å²) in [5, 5.41) is 16.7. The van der Waals surface area contributed by atoms with Crippen molar-refractivity contribution in [2.45, 2.75) is 24.5 Å². The zero-order valence-corrected chi connectivity index (χ0v) is 20.9. The summed E-state index contributed by atoms with van der Waals surface area (Å²) in [6.07, 6.45) is 3.31. The molecule has 0 unspecified atom stereocenters. The Labute approximate surface area is 219 Å². The molecule has 194 valence electrons. The van der Waals surface area contributed by atoms with Crippen LogP contribution < -0.4 is 15.4 Å². The van der Waals surface area contributed by atoms with E-state index in [0.29, 0.717) is 24.6 Å². The lowest BCUT2D eigenvalue weighted by molar-refractivity contribution is -0.384. The second-order valence-electron chi connectivity index (χ2n) is 8.20. The molecule has 38 heavy (non-hydrogen) atoms. The minimum absolute atomic E-state index is 0.0452. The van der Waals surface area contributed by atoms with Gasteiger partial charge in [0.05, 0.1) is 9.82 Å². The van der Waals surface area contributed by atoms with Crippen LogP contribution in [0.15, 0.2) is 96.2 Å². The Hall–Kier alpha value is -4.68. The number of nitrogens with one attached hydrogen (secondary N) is 3. The monoisotopic (exact) mass is 532 g/mol. The second-order valence-corrected chi connectivity index (χ2v) is 9.96. The number of rotatable bonds is 11. The summed E-state index contributed by atoms with van der Waals surface area (Å²) >= 11 is 0. The summed E-state index contributed by atoms with van der Waals surface area (Å²) in [7, 11) is -3.82. The summed E-state index contributed by atoms with van der Waals surface area (Å²) in [5.41, 5.74) is 2.89. The van der Waals surface area contributed by atoms with Gasteiger partial charge in [0.1, 0.15) is 0 Å². The van der Waals surface area contributed by atoms with Crippen molar-refractivity contribution in [2.75, 3.05) is 5.32 Å². The molecular formula is C26H24N6O5S. The molecule has 0 atom stereocenters. The quantitative estimate of drug-likeness (QED) is 0.196. The highest BCUT2D eigenvalue weighted by Crippen LogP contribution is 2.16. The third-order valence-electron chi connectivity index (χ3n) is 5.53. The fourth-order valence-corrected chi connectivity index (χ4v) is 4.43. The van der Waals surface area contributed by atoms with Crippen LogP contribution in [0.25, 0.3) is 0 Å². The number of nitro benzene ring substituents is 1. The predicted molar refractivity (Wildman–Crippen MR) is 141 cm³/mol. The van der Waals surface area contributed by atoms with Crippen molar-refractivity contribution in [2.24, 2.45) is 0 Å². The molecule has 0 aliphatic carbocycles. The van der Waals surface area contributed by atoms with Crippen LogP contribution in [0.3, 0.4) is 0 Å². The number of anilines is 1. The lowest BCUT2D eigenvalue weighted by Gasteiger charge is -2.09. The van der Waals surface area contributed by atoms with Crippen LogP contribution >= 0.6 is 0 Å². The number of nitrogens with zero attached hydrogens (tertiary/aromatic N) is 3. The SMILES string of the molecule is O=C(NCc1ccc(CNS(=O)(=O)c2ccc([N+](=O)[O-])cc2)cc1)c1ccc(CNc2ncccn2)cc1. The molecule has 1 aromatic heterocycles. The Morgan fingerprint density at radius 1 is 0.789 bits per heavy atom. The number of non-ortho nitro benzene ring substituents is 1. The lowest BCUT2D eigenvalue weighted by atomic mass is 10.1. The molecule has 0 aliphatic heterocycles. The van der Waals surface area contributed by atoms with E-state index in [2.05, 4.69) is 25.3 Å². The van der Waals surface area contributed by atoms with Gasteiger partial charge in [-0.15, -0.1) is 0 Å². The molecule has 1 amide bonds. The Balaban J connectivity index is 1.24. The van der Waals surface area contributed by atoms with Crippen molar-refractivity contribution >= 4 is 27.6 Å². The maximum atomic E-state index is 12.5. The molecule has 0 saturated heterocycles. The minimum Gasteiger partial charge on any atom is -0.350 e. The molecule has 0 bridgehead atoms. The number of sulfonamides is 1. The van der Waals surface area contributed by atoms with Crippen molar-refractivity contribution in [3.63, 3.8) is 0 Å². The van der Waals surface area contributed by atoms with Crippen LogP contribution in [0.5, 0.6) is 0 Å². The van der Waals surface area contributed by atoms with Gasteiger partial charge in [-0.05, 0) is 47.0 Å². The molecule has 4 rings (SSSR count). The maximum absolute atomic E-state index is 12.5. The molecule has 0 radical (unpaired) electrons. The molecule has 1 heterocycles. The normalized spacial score (nSPS) is 11.1. The first-order valence-electron chi connectivity index (χ1n) is 11.5. The largest absolute Gasteiger partial charge is 0.350 e. The highest BCUT2D eigenvalue weighted by atomic mass is 32.2. The second kappa shape index (κ2) is 12.0. The lowest BCUT2D eigenvalue weighted by Crippen LogP contribution is -2.23. The van der Waals surface area contributed by atoms with Crippen molar-refractivity contribution < 1.29 is 18.1 Å². The van der Waals surface area contributed by atoms with E-state index in [0.717, 1.165) is 28.8 Å². The molecule has 11 nitrogen and oxygen atoms in total. The van der Waals surface area contributed by atoms with Gasteiger partial charge in [0.25, 0.3) is 11.6 Å². The highest BCUT2D eigenvalue weighted by Gasteiger charge is 2.15. The predicted octanol–water partition coefficient (Wildman–Crippen LogP) is 3.41. The van der Waals surface area contributed by atoms with Crippen LogP contribution in [0.4, 0.5) is 11.6 Å². The van der Waals surface area contributed by atoms with E-state index in [4.69, 9.17) is 0 Å². The number of carbonyl (C=O) groups is 1. The molecule has 3 aromatic carbocycles. The third-order valence-corrected chi connectivity index (χ3v) is 6.95. The first kappa shape index (κ1) is 26.4. The van der Waals surface area contributed by atoms with Crippen LogP contribution in [0, 0.1) is 10.1 Å². The first-order valence-corrected chi connectivity index (χ1v) is 13.0. The molecule has 0 fully saturated rings. The molecule has 3 N–H and O–H groups in total. The van der Waals surface area contributed by atoms with Crippen LogP contribution in [0.2, 0.25) is 0 Å². The van der Waals surface area contributed by atoms with E-state index in [1.807, 2.05) is 12.1 Å². The van der Waals surface area contributed by atoms with E-state index in [-0.39, 0.29) is 23.0 Å². The van der Waals surface area contributed by atoms with Gasteiger partial charge >= 0.3 is 0 Å². The molecular weight excluding hydrogens is 508 g/mol. The first-order chi connectivity index (χ1) is 18.3. The Bertz CT molecular complexity index is 1500. The van der Waals surface area contributed by atoms with Gasteiger partial charge in [0.15, 0.2) is 0 Å². The highest BCUT2D eigenvalue weighted by molar-refractivity contribution is 7.89. The Kier molecular flexibility index (Phi) is 8.36. The number of amides is 1. The minimum atomic E-state index is -3.82. The van der Waals surface area contributed by atoms with Crippen molar-refractivity contribution in [3.8, 4) is 0 Å². The van der Waals surface area contributed by atoms with Gasteiger partial charge in [-0.2, -0.15) is 0 Å². The van der Waals surface area contributed by atoms with E-state index >= 15 is 0 Å². The summed E-state index contributed by atoms with van der Waals surface area (Å²) in [6.45, 7) is 0.883. The van der Waals surface area contributed by atoms with Gasteiger partial charge < -0.3 is 10.6 Å². The summed E-state index contributed by atoms with van der Waals surface area (Å²) < 4.78 is 27.4.